The number of pyridine rings is 1. The molecule has 15 aromatic rings. The molecule has 8 heteroatoms. The number of ether oxygens (including phenoxy) is 1. The van der Waals surface area contributed by atoms with Crippen molar-refractivity contribution in [3.8, 4) is 62.1 Å². The molecule has 0 saturated heterocycles. The third-order valence-electron chi connectivity index (χ3n) is 15.4. The van der Waals surface area contributed by atoms with Crippen molar-refractivity contribution in [2.24, 2.45) is 0 Å². The van der Waals surface area contributed by atoms with Crippen LogP contribution >= 0.6 is 0 Å². The fourth-order valence-corrected chi connectivity index (χ4v) is 11.7. The molecule has 15 rings (SSSR count). The van der Waals surface area contributed by atoms with Gasteiger partial charge in [-0.25, -0.2) is 4.98 Å². The number of imidazole rings is 1. The number of para-hydroxylation sites is 4. The minimum atomic E-state index is -0.108. The molecule has 0 bridgehead atoms. The van der Waals surface area contributed by atoms with Crippen molar-refractivity contribution in [1.82, 2.24) is 18.5 Å². The second-order valence-corrected chi connectivity index (χ2v) is 21.2. The number of fused-ring (bicyclic) bond motifs is 10. The van der Waals surface area contributed by atoms with E-state index < -0.39 is 0 Å². The molecule has 7 nitrogen and oxygen atoms in total. The van der Waals surface area contributed by atoms with Gasteiger partial charge in [-0.05, 0) is 116 Å². The summed E-state index contributed by atoms with van der Waals surface area (Å²) in [7, 11) is 0. The molecule has 0 spiro atoms. The number of hydrogen-bond donors (Lipinski definition) is 0. The third kappa shape index (κ3) is 7.90. The zero-order valence-corrected chi connectivity index (χ0v) is 45.5. The first-order chi connectivity index (χ1) is 38.2. The van der Waals surface area contributed by atoms with Gasteiger partial charge in [0.15, 0.2) is 0 Å². The van der Waals surface area contributed by atoms with Crippen LogP contribution in [0.3, 0.4) is 0 Å². The molecular weight excluding hydrogens is 1150 g/mol. The van der Waals surface area contributed by atoms with Gasteiger partial charge in [0.2, 0.25) is 0 Å². The van der Waals surface area contributed by atoms with Crippen LogP contribution in [0.1, 0.15) is 26.3 Å². The fraction of sp³-hybridized carbons (Fsp3) is 0.0563. The summed E-state index contributed by atoms with van der Waals surface area (Å²) in [5, 5.41) is 6.83. The van der Waals surface area contributed by atoms with Gasteiger partial charge in [0, 0.05) is 60.1 Å². The van der Waals surface area contributed by atoms with Crippen molar-refractivity contribution >= 4 is 76.6 Å². The van der Waals surface area contributed by atoms with Crippen LogP contribution in [0.4, 0.5) is 5.69 Å². The molecule has 0 unspecified atom stereocenters. The second kappa shape index (κ2) is 18.6. The largest absolute Gasteiger partial charge is 0.511 e. The number of nitrogens with zero attached hydrogens (tertiary/aromatic N) is 6. The summed E-state index contributed by atoms with van der Waals surface area (Å²) in [6.07, 6.45) is 5.59. The van der Waals surface area contributed by atoms with Crippen molar-refractivity contribution in [2.75, 3.05) is 0 Å². The van der Waals surface area contributed by atoms with Crippen LogP contribution in [0.25, 0.3) is 126 Å². The van der Waals surface area contributed by atoms with E-state index in [1.165, 1.54) is 43.7 Å². The van der Waals surface area contributed by atoms with Crippen LogP contribution in [0, 0.1) is 25.0 Å². The monoisotopic (exact) mass is 1190 g/mol. The van der Waals surface area contributed by atoms with Crippen molar-refractivity contribution in [3.05, 3.63) is 260 Å². The maximum Gasteiger partial charge on any atom is 0.268 e. The van der Waals surface area contributed by atoms with Crippen LogP contribution in [0.5, 0.6) is 11.5 Å². The molecule has 0 aliphatic heterocycles. The standard InChI is InChI=1S/C71H46N6O.Pt/c1-71(2,3)51-31-32-73-69(37-51)76-65-30-27-47(50-34-48(45-17-7-5-8-18-45)33-49(35-50)46-19-9-6-10-20-46)36-60(65)59-29-28-55(43-68(59)76)78-56-39-52(72-4)38-53(40-56)74-44-75(67-26-16-15-25-66(67)74)54-41-61-57-21-11-13-23-63(57)77-64-24-14-12-22-58(64)62(42-54)70(61)77;/h5-39,41-42H,1-3H3;/q-2;. The predicted molar refractivity (Wildman–Crippen MR) is 316 cm³/mol. The second-order valence-electron chi connectivity index (χ2n) is 21.2. The van der Waals surface area contributed by atoms with E-state index in [0.29, 0.717) is 22.9 Å². The first-order valence-electron chi connectivity index (χ1n) is 26.2. The van der Waals surface area contributed by atoms with Gasteiger partial charge in [-0.15, -0.1) is 29.7 Å². The SMILES string of the molecule is [C-]#[N+]c1cc(Oc2[c-]c3c(cc2)c2cc(-c4cc(-c5ccccc5)cc(-c5ccccc5)c4)ccc2n3-c2cc(C(C)(C)C)ccn2)[c-]c(-n2[c-][n+](-c3cc4c5ccccc5n5c6ccccc6c(c3)c45)c3ccccc32)c1.[Pt]. The van der Waals surface area contributed by atoms with Gasteiger partial charge in [0.1, 0.15) is 5.82 Å². The summed E-state index contributed by atoms with van der Waals surface area (Å²) in [5.41, 5.74) is 17.2. The van der Waals surface area contributed by atoms with E-state index in [0.717, 1.165) is 77.7 Å². The van der Waals surface area contributed by atoms with Crippen molar-refractivity contribution in [2.45, 2.75) is 26.2 Å². The molecule has 79 heavy (non-hydrogen) atoms. The molecule has 0 saturated carbocycles. The van der Waals surface area contributed by atoms with E-state index in [4.69, 9.17) is 16.3 Å². The van der Waals surface area contributed by atoms with Crippen LogP contribution in [0.15, 0.2) is 225 Å². The van der Waals surface area contributed by atoms with Gasteiger partial charge >= 0.3 is 0 Å². The molecule has 10 aromatic carbocycles. The molecule has 0 aliphatic carbocycles. The average molecular weight is 1190 g/mol. The van der Waals surface area contributed by atoms with Crippen LogP contribution < -0.4 is 9.30 Å². The Morgan fingerprint density at radius 2 is 1.13 bits per heavy atom. The summed E-state index contributed by atoms with van der Waals surface area (Å²) in [6, 6.07) is 84.0. The first-order valence-corrected chi connectivity index (χ1v) is 26.2. The average Bonchev–Trinajstić information content (AvgIpc) is 3.21. The van der Waals surface area contributed by atoms with Gasteiger partial charge in [-0.1, -0.05) is 165 Å². The Morgan fingerprint density at radius 1 is 0.506 bits per heavy atom. The number of hydrogen-bond acceptors (Lipinski definition) is 2. The molecule has 5 aromatic heterocycles. The Kier molecular flexibility index (Phi) is 11.2. The number of rotatable bonds is 8. The Labute approximate surface area is 470 Å². The molecular formula is C71H46N6OPt-2. The summed E-state index contributed by atoms with van der Waals surface area (Å²) in [6.45, 7) is 14.9. The number of benzene rings is 10. The summed E-state index contributed by atoms with van der Waals surface area (Å²) < 4.78 is 15.5. The van der Waals surface area contributed by atoms with E-state index >= 15 is 0 Å². The van der Waals surface area contributed by atoms with Gasteiger partial charge in [0.05, 0.1) is 45.5 Å². The van der Waals surface area contributed by atoms with E-state index in [9.17, 15) is 0 Å². The van der Waals surface area contributed by atoms with Crippen molar-refractivity contribution in [1.29, 1.82) is 0 Å². The van der Waals surface area contributed by atoms with Gasteiger partial charge in [-0.3, -0.25) is 9.41 Å². The first kappa shape index (κ1) is 47.8. The minimum absolute atomic E-state index is 0. The predicted octanol–water partition coefficient (Wildman–Crippen LogP) is 17.6. The van der Waals surface area contributed by atoms with Gasteiger partial charge < -0.3 is 18.3 Å². The third-order valence-corrected chi connectivity index (χ3v) is 15.4. The minimum Gasteiger partial charge on any atom is -0.511 e. The Morgan fingerprint density at radius 3 is 1.78 bits per heavy atom. The van der Waals surface area contributed by atoms with E-state index in [-0.39, 0.29) is 26.5 Å². The Bertz CT molecular complexity index is 4800. The smallest absolute Gasteiger partial charge is 0.268 e. The molecule has 0 aliphatic rings. The van der Waals surface area contributed by atoms with Crippen molar-refractivity contribution in [3.63, 3.8) is 0 Å². The quantitative estimate of drug-likeness (QED) is 0.112. The molecule has 0 atom stereocenters. The fourth-order valence-electron chi connectivity index (χ4n) is 11.7. The zero-order chi connectivity index (χ0) is 52.2. The Balaban J connectivity index is 0.00000564. The van der Waals surface area contributed by atoms with Crippen LogP contribution in [0.2, 0.25) is 0 Å². The molecule has 0 amide bonds. The van der Waals surface area contributed by atoms with Gasteiger partial charge in [-0.2, -0.15) is 12.1 Å². The van der Waals surface area contributed by atoms with E-state index in [1.807, 2.05) is 29.0 Å². The van der Waals surface area contributed by atoms with Crippen LogP contribution in [-0.2, 0) is 26.5 Å². The maximum atomic E-state index is 8.27. The van der Waals surface area contributed by atoms with E-state index in [1.54, 1.807) is 6.07 Å². The van der Waals surface area contributed by atoms with Crippen LogP contribution in [-0.4, -0.2) is 18.5 Å². The summed E-state index contributed by atoms with van der Waals surface area (Å²) in [4.78, 5) is 8.94. The normalized spacial score (nSPS) is 11.9. The molecule has 0 radical (unpaired) electrons. The number of aromatic nitrogens is 5. The summed E-state index contributed by atoms with van der Waals surface area (Å²) in [5.74, 6) is 1.65. The molecule has 5 heterocycles. The van der Waals surface area contributed by atoms with E-state index in [2.05, 4.69) is 252 Å². The molecule has 378 valence electrons. The molecule has 0 fully saturated rings. The molecule has 0 N–H and O–H groups in total. The van der Waals surface area contributed by atoms with Gasteiger partial charge in [0.25, 0.3) is 6.33 Å². The summed E-state index contributed by atoms with van der Waals surface area (Å²) >= 11 is 0. The van der Waals surface area contributed by atoms with Crippen molar-refractivity contribution < 1.29 is 30.4 Å². The zero-order valence-electron chi connectivity index (χ0n) is 43.3. The Hall–Kier alpha value is -9.60. The topological polar surface area (TPSA) is 44.6 Å². The maximum absolute atomic E-state index is 8.27.